The Labute approximate surface area is 341 Å². The van der Waals surface area contributed by atoms with Crippen molar-refractivity contribution in [2.24, 2.45) is 7.05 Å². The highest BCUT2D eigenvalue weighted by molar-refractivity contribution is 6.35. The van der Waals surface area contributed by atoms with E-state index in [0.29, 0.717) is 59.8 Å². The monoisotopic (exact) mass is 802 g/mol. The lowest BCUT2D eigenvalue weighted by Gasteiger charge is -2.35. The minimum absolute atomic E-state index is 0.166. The van der Waals surface area contributed by atoms with E-state index in [1.807, 2.05) is 104 Å². The molecule has 8 rings (SSSR count). The van der Waals surface area contributed by atoms with Crippen LogP contribution in [0.5, 0.6) is 5.75 Å². The Balaban J connectivity index is 1.28. The minimum Gasteiger partial charge on any atom is -0.494 e. The van der Waals surface area contributed by atoms with E-state index in [9.17, 15) is 9.90 Å². The third-order valence-corrected chi connectivity index (χ3v) is 12.2. The van der Waals surface area contributed by atoms with Crippen LogP contribution in [-0.2, 0) is 20.0 Å². The van der Waals surface area contributed by atoms with Gasteiger partial charge >= 0.3 is 5.97 Å². The summed E-state index contributed by atoms with van der Waals surface area (Å²) in [5, 5.41) is 17.9. The Morgan fingerprint density at radius 2 is 1.72 bits per heavy atom. The second-order valence-corrected chi connectivity index (χ2v) is 16.0. The molecule has 0 saturated carbocycles. The molecule has 292 valence electrons. The quantitative estimate of drug-likeness (QED) is 0.138. The molecule has 0 radical (unpaired) electrons. The predicted molar refractivity (Wildman–Crippen MR) is 227 cm³/mol. The number of aryl methyl sites for hydroxylation is 6. The standard InChI is InChI=1S/C45H44Cl2N6O4/c1-24-15-16-48-30(18-24)22-51-23-35(45(55)56)33-10-8-12-37(41(33)51)52-21-27(4)53-42-34(13-14-36(46)39(42)38-28(5)49-50(7)29(38)6)32(43(53)44(52)54)11-9-17-57-31-19-25(2)40(47)26(3)20-31/h8,10,12-16,18-20,23,27H,9,11,17,21-22H2,1-7H3,(H,55,56)/t27-/m1/s1. The maximum Gasteiger partial charge on any atom is 0.337 e. The summed E-state index contributed by atoms with van der Waals surface area (Å²) < 4.78 is 12.2. The lowest BCUT2D eigenvalue weighted by molar-refractivity contribution is 0.0698. The van der Waals surface area contributed by atoms with Crippen molar-refractivity contribution < 1.29 is 19.4 Å². The molecular weight excluding hydrogens is 759 g/mol. The van der Waals surface area contributed by atoms with Crippen molar-refractivity contribution in [1.82, 2.24) is 23.9 Å². The topological polar surface area (TPSA) is 107 Å². The number of pyridine rings is 1. The van der Waals surface area contributed by atoms with E-state index in [-0.39, 0.29) is 17.5 Å². The molecule has 1 N–H and O–H groups in total. The number of carbonyl (C=O) groups is 2. The smallest absolute Gasteiger partial charge is 0.337 e. The maximum atomic E-state index is 15.4. The predicted octanol–water partition coefficient (Wildman–Crippen LogP) is 10.2. The number of nitrogens with zero attached hydrogens (tertiary/aromatic N) is 6. The first kappa shape index (κ1) is 38.3. The van der Waals surface area contributed by atoms with Gasteiger partial charge in [-0.05, 0) is 113 Å². The second-order valence-electron chi connectivity index (χ2n) is 15.2. The number of para-hydroxylation sites is 1. The molecule has 57 heavy (non-hydrogen) atoms. The van der Waals surface area contributed by atoms with E-state index in [1.165, 1.54) is 0 Å². The molecule has 0 fully saturated rings. The molecule has 10 nitrogen and oxygen atoms in total. The summed E-state index contributed by atoms with van der Waals surface area (Å²) in [6.07, 6.45) is 4.60. The van der Waals surface area contributed by atoms with Crippen molar-refractivity contribution in [3.63, 3.8) is 0 Å². The van der Waals surface area contributed by atoms with Crippen LogP contribution < -0.4 is 9.64 Å². The Hall–Kier alpha value is -5.58. The summed E-state index contributed by atoms with van der Waals surface area (Å²) in [5.41, 5.74) is 11.2. The van der Waals surface area contributed by atoms with E-state index >= 15 is 4.79 Å². The summed E-state index contributed by atoms with van der Waals surface area (Å²) in [4.78, 5) is 34.3. The number of ether oxygens (including phenoxy) is 1. The first-order valence-corrected chi connectivity index (χ1v) is 19.8. The molecule has 4 aromatic heterocycles. The minimum atomic E-state index is -1.04. The van der Waals surface area contributed by atoms with Gasteiger partial charge in [0.2, 0.25) is 0 Å². The van der Waals surface area contributed by atoms with Crippen molar-refractivity contribution in [2.45, 2.75) is 67.0 Å². The number of benzene rings is 3. The van der Waals surface area contributed by atoms with Crippen molar-refractivity contribution in [3.05, 3.63) is 128 Å². The van der Waals surface area contributed by atoms with Crippen molar-refractivity contribution in [2.75, 3.05) is 18.1 Å². The number of aromatic nitrogens is 5. The SMILES string of the molecule is Cc1ccnc(Cn2cc(C(=O)O)c3cccc(N4C[C@@H](C)n5c(c(CCCOc6cc(C)c(Cl)c(C)c6)c6ccc(Cl)c(-c7c(C)nn(C)c7C)c65)C4=O)c32)c1. The maximum absolute atomic E-state index is 15.4. The number of rotatable bonds is 10. The molecule has 5 heterocycles. The fraction of sp³-hybridized carbons (Fsp3) is 0.289. The average Bonchev–Trinajstić information content (AvgIpc) is 3.79. The van der Waals surface area contributed by atoms with Crippen molar-refractivity contribution >= 4 is 62.6 Å². The second kappa shape index (κ2) is 14.7. The van der Waals surface area contributed by atoms with Crippen LogP contribution >= 0.6 is 23.2 Å². The summed E-state index contributed by atoms with van der Waals surface area (Å²) in [7, 11) is 1.92. The number of anilines is 1. The van der Waals surface area contributed by atoms with Crippen LogP contribution in [0.4, 0.5) is 5.69 Å². The number of fused-ring (bicyclic) bond motifs is 4. The molecule has 0 spiro atoms. The molecule has 7 aromatic rings. The number of hydrogen-bond acceptors (Lipinski definition) is 5. The van der Waals surface area contributed by atoms with E-state index in [2.05, 4.69) is 16.5 Å². The van der Waals surface area contributed by atoms with Gasteiger partial charge in [-0.2, -0.15) is 5.10 Å². The number of amides is 1. The number of hydrogen-bond donors (Lipinski definition) is 1. The van der Waals surface area contributed by atoms with Gasteiger partial charge in [0, 0.05) is 64.6 Å². The molecule has 3 aromatic carbocycles. The van der Waals surface area contributed by atoms with Gasteiger partial charge in [-0.1, -0.05) is 41.4 Å². The van der Waals surface area contributed by atoms with Gasteiger partial charge in [0.15, 0.2) is 0 Å². The molecule has 1 aliphatic heterocycles. The van der Waals surface area contributed by atoms with E-state index in [4.69, 9.17) is 33.0 Å². The van der Waals surface area contributed by atoms with E-state index in [0.717, 1.165) is 72.1 Å². The van der Waals surface area contributed by atoms with Gasteiger partial charge in [-0.25, -0.2) is 4.79 Å². The Morgan fingerprint density at radius 1 is 0.965 bits per heavy atom. The summed E-state index contributed by atoms with van der Waals surface area (Å²) in [5.74, 6) is -0.453. The third-order valence-electron chi connectivity index (χ3n) is 11.3. The number of carbonyl (C=O) groups excluding carboxylic acids is 1. The Kier molecular flexibility index (Phi) is 9.90. The van der Waals surface area contributed by atoms with Gasteiger partial charge in [0.05, 0.1) is 51.8 Å². The molecule has 0 saturated heterocycles. The fourth-order valence-electron chi connectivity index (χ4n) is 8.65. The number of aromatic carboxylic acids is 1. The van der Waals surface area contributed by atoms with Crippen molar-refractivity contribution in [3.8, 4) is 16.9 Å². The van der Waals surface area contributed by atoms with Gasteiger partial charge in [0.1, 0.15) is 11.4 Å². The number of carboxylic acid groups (broad SMARTS) is 1. The average molecular weight is 804 g/mol. The van der Waals surface area contributed by atoms with Gasteiger partial charge < -0.3 is 23.9 Å². The first-order chi connectivity index (χ1) is 27.2. The summed E-state index contributed by atoms with van der Waals surface area (Å²) in [6, 6.07) is 17.1. The summed E-state index contributed by atoms with van der Waals surface area (Å²) in [6.45, 7) is 13.2. The zero-order valence-electron chi connectivity index (χ0n) is 33.1. The third kappa shape index (κ3) is 6.54. The molecule has 1 atom stereocenters. The van der Waals surface area contributed by atoms with Crippen LogP contribution in [-0.4, -0.2) is 54.0 Å². The van der Waals surface area contributed by atoms with Gasteiger partial charge in [0.25, 0.3) is 5.91 Å². The number of carboxylic acids is 1. The molecule has 0 aliphatic carbocycles. The first-order valence-electron chi connectivity index (χ1n) is 19.1. The van der Waals surface area contributed by atoms with E-state index in [1.54, 1.807) is 18.5 Å². The van der Waals surface area contributed by atoms with Crippen LogP contribution in [0.25, 0.3) is 32.9 Å². The summed E-state index contributed by atoms with van der Waals surface area (Å²) >= 11 is 13.6. The molecule has 0 bridgehead atoms. The normalized spacial score (nSPS) is 14.2. The van der Waals surface area contributed by atoms with Crippen LogP contribution in [0, 0.1) is 34.6 Å². The van der Waals surface area contributed by atoms with Crippen LogP contribution in [0.2, 0.25) is 10.0 Å². The highest BCUT2D eigenvalue weighted by Crippen LogP contribution is 2.46. The van der Waals surface area contributed by atoms with Gasteiger partial charge in [-0.3, -0.25) is 14.5 Å². The molecule has 1 amide bonds. The van der Waals surface area contributed by atoms with Gasteiger partial charge in [-0.15, -0.1) is 0 Å². The molecular formula is C45H44Cl2N6O4. The highest BCUT2D eigenvalue weighted by Gasteiger charge is 2.38. The van der Waals surface area contributed by atoms with Crippen LogP contribution in [0.3, 0.4) is 0 Å². The Morgan fingerprint density at radius 3 is 2.40 bits per heavy atom. The zero-order chi connectivity index (χ0) is 40.4. The van der Waals surface area contributed by atoms with E-state index < -0.39 is 5.97 Å². The van der Waals surface area contributed by atoms with Crippen LogP contribution in [0.1, 0.15) is 79.6 Å². The lowest BCUT2D eigenvalue weighted by Crippen LogP contribution is -2.43. The fourth-order valence-corrected chi connectivity index (χ4v) is 9.01. The molecule has 12 heteroatoms. The number of halogens is 2. The zero-order valence-corrected chi connectivity index (χ0v) is 34.6. The Bertz CT molecular complexity index is 2760. The molecule has 0 unspecified atom stereocenters. The lowest BCUT2D eigenvalue weighted by atomic mass is 9.98. The van der Waals surface area contributed by atoms with Crippen LogP contribution in [0.15, 0.2) is 67.0 Å². The molecule has 1 aliphatic rings. The largest absolute Gasteiger partial charge is 0.494 e. The highest BCUT2D eigenvalue weighted by atomic mass is 35.5. The van der Waals surface area contributed by atoms with Crippen molar-refractivity contribution in [1.29, 1.82) is 0 Å².